The molecular weight excluding hydrogens is 678 g/mol. The number of piperazine rings is 2. The number of aliphatic hydroxyl groups is 1. The molecular formula is C37H50FN5O7S. The number of hydrogen-bond donors (Lipinski definition) is 1. The molecule has 1 amide bonds. The standard InChI is InChI=1S/C37H50FN5O7S/c1-26-7-9-32(44)24-35(45)50-36(27(2)8-10-34(26)49-37(46)42-14-12-40(4)13-15-42)28(3)20-29-21-30(38)23-31(22-29)41-16-18-43(19-17-41)51(47,48)33-6-5-11-39-25-33/h5-6,8,10-11,20-23,25-27,32,34,36,44H,7,9,12-19,24H2,1-4H3/b10-8-,28-20-/t26-,27-,32+,34-,36-/m0/s1. The van der Waals surface area contributed by atoms with Gasteiger partial charge in [-0.1, -0.05) is 26.0 Å². The Morgan fingerprint density at radius 2 is 1.76 bits per heavy atom. The van der Waals surface area contributed by atoms with Crippen molar-refractivity contribution in [1.82, 2.24) is 19.1 Å². The molecule has 3 aliphatic heterocycles. The number of benzene rings is 1. The smallest absolute Gasteiger partial charge is 0.410 e. The number of esters is 1. The lowest BCUT2D eigenvalue weighted by molar-refractivity contribution is -0.151. The molecule has 0 aliphatic carbocycles. The van der Waals surface area contributed by atoms with Crippen molar-refractivity contribution in [3.8, 4) is 0 Å². The van der Waals surface area contributed by atoms with Crippen LogP contribution in [0.2, 0.25) is 0 Å². The van der Waals surface area contributed by atoms with E-state index in [2.05, 4.69) is 9.88 Å². The van der Waals surface area contributed by atoms with Crippen molar-refractivity contribution in [3.05, 3.63) is 71.8 Å². The molecule has 1 aromatic heterocycles. The average molecular weight is 728 g/mol. The van der Waals surface area contributed by atoms with Crippen LogP contribution in [0.25, 0.3) is 6.08 Å². The van der Waals surface area contributed by atoms with Gasteiger partial charge in [0.2, 0.25) is 10.0 Å². The zero-order chi connectivity index (χ0) is 36.7. The molecule has 0 bridgehead atoms. The van der Waals surface area contributed by atoms with Gasteiger partial charge in [-0.05, 0) is 80.3 Å². The minimum absolute atomic E-state index is 0.104. The van der Waals surface area contributed by atoms with E-state index in [1.165, 1.54) is 34.9 Å². The fourth-order valence-corrected chi connectivity index (χ4v) is 8.06. The second-order valence-corrected chi connectivity index (χ2v) is 15.9. The third kappa shape index (κ3) is 10.1. The van der Waals surface area contributed by atoms with Gasteiger partial charge in [-0.15, -0.1) is 0 Å². The molecule has 2 saturated heterocycles. The van der Waals surface area contributed by atoms with Crippen molar-refractivity contribution in [2.75, 3.05) is 64.3 Å². The van der Waals surface area contributed by atoms with Crippen LogP contribution in [0.1, 0.15) is 45.6 Å². The molecule has 5 rings (SSSR count). The van der Waals surface area contributed by atoms with Gasteiger partial charge in [-0.3, -0.25) is 9.78 Å². The highest BCUT2D eigenvalue weighted by molar-refractivity contribution is 7.89. The molecule has 2 fully saturated rings. The van der Waals surface area contributed by atoms with Gasteiger partial charge in [-0.2, -0.15) is 4.31 Å². The summed E-state index contributed by atoms with van der Waals surface area (Å²) < 4.78 is 54.5. The van der Waals surface area contributed by atoms with E-state index in [4.69, 9.17) is 9.47 Å². The van der Waals surface area contributed by atoms with E-state index in [1.54, 1.807) is 17.0 Å². The Morgan fingerprint density at radius 1 is 1.04 bits per heavy atom. The number of halogens is 1. The first kappa shape index (κ1) is 38.4. The Labute approximate surface area is 300 Å². The van der Waals surface area contributed by atoms with Crippen molar-refractivity contribution in [2.24, 2.45) is 11.8 Å². The number of amides is 1. The summed E-state index contributed by atoms with van der Waals surface area (Å²) in [6.07, 6.45) is 6.51. The topological polar surface area (TPSA) is 133 Å². The summed E-state index contributed by atoms with van der Waals surface area (Å²) in [5.74, 6) is -1.44. The molecule has 0 spiro atoms. The molecule has 1 N–H and O–H groups in total. The number of aromatic nitrogens is 1. The summed E-state index contributed by atoms with van der Waals surface area (Å²) in [7, 11) is -1.67. The minimum atomic E-state index is -3.69. The number of anilines is 1. The second-order valence-electron chi connectivity index (χ2n) is 13.9. The van der Waals surface area contributed by atoms with Gasteiger partial charge >= 0.3 is 12.1 Å². The fourth-order valence-electron chi connectivity index (χ4n) is 6.67. The third-order valence-electron chi connectivity index (χ3n) is 9.88. The van der Waals surface area contributed by atoms with E-state index in [-0.39, 0.29) is 42.3 Å². The number of carbonyl (C=O) groups excluding carboxylic acids is 2. The maximum atomic E-state index is 15.0. The van der Waals surface area contributed by atoms with Gasteiger partial charge in [-0.25, -0.2) is 17.6 Å². The quantitative estimate of drug-likeness (QED) is 0.342. The zero-order valence-corrected chi connectivity index (χ0v) is 30.7. The summed E-state index contributed by atoms with van der Waals surface area (Å²) >= 11 is 0. The van der Waals surface area contributed by atoms with E-state index in [1.807, 2.05) is 50.9 Å². The van der Waals surface area contributed by atoms with Gasteiger partial charge in [0.1, 0.15) is 22.9 Å². The monoisotopic (exact) mass is 727 g/mol. The van der Waals surface area contributed by atoms with E-state index in [0.717, 1.165) is 13.1 Å². The summed E-state index contributed by atoms with van der Waals surface area (Å²) in [4.78, 5) is 36.0. The van der Waals surface area contributed by atoms with E-state index in [0.29, 0.717) is 55.8 Å². The lowest BCUT2D eigenvalue weighted by atomic mass is 9.91. The van der Waals surface area contributed by atoms with Crippen LogP contribution in [-0.2, 0) is 24.3 Å². The number of hydrogen-bond acceptors (Lipinski definition) is 10. The van der Waals surface area contributed by atoms with Gasteiger partial charge < -0.3 is 29.3 Å². The molecule has 51 heavy (non-hydrogen) atoms. The van der Waals surface area contributed by atoms with E-state index < -0.39 is 40.1 Å². The lowest BCUT2D eigenvalue weighted by Crippen LogP contribution is -2.48. The first-order valence-electron chi connectivity index (χ1n) is 17.6. The highest BCUT2D eigenvalue weighted by atomic mass is 32.2. The fraction of sp³-hybridized carbons (Fsp3) is 0.541. The normalized spacial score (nSPS) is 27.2. The average Bonchev–Trinajstić information content (AvgIpc) is 3.11. The molecule has 5 atom stereocenters. The molecule has 12 nitrogen and oxygen atoms in total. The largest absolute Gasteiger partial charge is 0.457 e. The zero-order valence-electron chi connectivity index (χ0n) is 29.9. The summed E-state index contributed by atoms with van der Waals surface area (Å²) in [6, 6.07) is 7.75. The Balaban J connectivity index is 1.32. The number of cyclic esters (lactones) is 1. The molecule has 2 aromatic rings. The Kier molecular flexibility index (Phi) is 12.9. The summed E-state index contributed by atoms with van der Waals surface area (Å²) in [6.45, 7) is 9.60. The van der Waals surface area contributed by atoms with Gasteiger partial charge in [0.05, 0.1) is 12.5 Å². The van der Waals surface area contributed by atoms with Crippen LogP contribution in [0.15, 0.2) is 65.3 Å². The predicted molar refractivity (Wildman–Crippen MR) is 192 cm³/mol. The van der Waals surface area contributed by atoms with Crippen molar-refractivity contribution in [3.63, 3.8) is 0 Å². The Bertz CT molecular complexity index is 1680. The highest BCUT2D eigenvalue weighted by Crippen LogP contribution is 2.28. The molecule has 1 aromatic carbocycles. The number of pyridine rings is 1. The van der Waals surface area contributed by atoms with Gasteiger partial charge in [0.25, 0.3) is 0 Å². The van der Waals surface area contributed by atoms with Crippen molar-refractivity contribution >= 4 is 33.8 Å². The molecule has 278 valence electrons. The van der Waals surface area contributed by atoms with Crippen LogP contribution < -0.4 is 4.90 Å². The summed E-state index contributed by atoms with van der Waals surface area (Å²) in [5.41, 5.74) is 1.83. The van der Waals surface area contributed by atoms with Crippen molar-refractivity contribution in [2.45, 2.75) is 63.2 Å². The molecule has 3 aliphatic rings. The van der Waals surface area contributed by atoms with Crippen LogP contribution in [0.5, 0.6) is 0 Å². The number of aliphatic hydroxyl groups excluding tert-OH is 1. The molecule has 0 saturated carbocycles. The van der Waals surface area contributed by atoms with E-state index in [9.17, 15) is 23.1 Å². The maximum absolute atomic E-state index is 15.0. The summed E-state index contributed by atoms with van der Waals surface area (Å²) in [5, 5.41) is 10.7. The highest BCUT2D eigenvalue weighted by Gasteiger charge is 2.31. The minimum Gasteiger partial charge on any atom is -0.457 e. The van der Waals surface area contributed by atoms with E-state index >= 15 is 4.39 Å². The number of carbonyl (C=O) groups is 2. The first-order chi connectivity index (χ1) is 24.3. The van der Waals surface area contributed by atoms with Gasteiger partial charge in [0.15, 0.2) is 0 Å². The lowest BCUT2D eigenvalue weighted by Gasteiger charge is -2.35. The maximum Gasteiger partial charge on any atom is 0.410 e. The SMILES string of the molecule is C/C(=C/c1cc(F)cc(N2CCN(S(=O)(=O)c3cccnc3)CC2)c1)[C@H]1OC(=O)C[C@H](O)CC[C@H](C)[C@@H](OC(=O)N2CCN(C)CC2)/C=C\[C@@H]1C. The molecule has 0 unspecified atom stereocenters. The number of likely N-dealkylation sites (N-methyl/N-ethyl adjacent to an activating group) is 1. The molecule has 4 heterocycles. The predicted octanol–water partition coefficient (Wildman–Crippen LogP) is 4.17. The number of rotatable bonds is 6. The molecule has 0 radical (unpaired) electrons. The number of nitrogens with zero attached hydrogens (tertiary/aromatic N) is 5. The van der Waals surface area contributed by atoms with Crippen LogP contribution in [0, 0.1) is 17.7 Å². The number of ether oxygens (including phenoxy) is 2. The van der Waals surface area contributed by atoms with Gasteiger partial charge in [0, 0.05) is 76.4 Å². The van der Waals surface area contributed by atoms with Crippen LogP contribution in [0.3, 0.4) is 0 Å². The molecule has 14 heteroatoms. The second kappa shape index (κ2) is 17.1. The van der Waals surface area contributed by atoms with Crippen LogP contribution >= 0.6 is 0 Å². The van der Waals surface area contributed by atoms with Crippen LogP contribution in [0.4, 0.5) is 14.9 Å². The Hall–Kier alpha value is -3.85. The first-order valence-corrected chi connectivity index (χ1v) is 19.1. The Morgan fingerprint density at radius 3 is 2.45 bits per heavy atom. The number of sulfonamides is 1. The van der Waals surface area contributed by atoms with Crippen LogP contribution in [-0.4, -0.2) is 122 Å². The van der Waals surface area contributed by atoms with Crippen molar-refractivity contribution < 1.29 is 37.0 Å². The third-order valence-corrected chi connectivity index (χ3v) is 11.8. The van der Waals surface area contributed by atoms with Crippen molar-refractivity contribution in [1.29, 1.82) is 0 Å².